The minimum atomic E-state index is 0.161. The van der Waals surface area contributed by atoms with Gasteiger partial charge in [0.2, 0.25) is 0 Å². The molecule has 1 aromatic heterocycles. The fourth-order valence-electron chi connectivity index (χ4n) is 1.00. The molecule has 0 saturated carbocycles. The van der Waals surface area contributed by atoms with E-state index in [2.05, 4.69) is 36.5 Å². The molecule has 0 aliphatic rings. The number of rotatable bonds is 5. The van der Waals surface area contributed by atoms with Crippen molar-refractivity contribution in [3.63, 3.8) is 0 Å². The normalized spacial score (nSPS) is 12.3. The van der Waals surface area contributed by atoms with Gasteiger partial charge in [-0.3, -0.25) is 0 Å². The second-order valence-corrected chi connectivity index (χ2v) is 4.10. The number of halogens is 1. The van der Waals surface area contributed by atoms with Crippen molar-refractivity contribution in [2.75, 3.05) is 30.8 Å². The third-order valence-electron chi connectivity index (χ3n) is 1.96. The summed E-state index contributed by atoms with van der Waals surface area (Å²) in [5, 5.41) is 15.0. The van der Waals surface area contributed by atoms with Crippen LogP contribution in [0.1, 0.15) is 6.92 Å². The Kier molecular flexibility index (Phi) is 4.77. The Balaban J connectivity index is 2.68. The number of hydrogen-bond acceptors (Lipinski definition) is 5. The number of hydrogen-bond donors (Lipinski definition) is 3. The van der Waals surface area contributed by atoms with Crippen LogP contribution >= 0.6 is 15.9 Å². The van der Waals surface area contributed by atoms with Crippen molar-refractivity contribution >= 4 is 27.6 Å². The Labute approximate surface area is 97.5 Å². The SMILES string of the molecule is CNc1ncnc(NCC(C)CO)c1Br. The van der Waals surface area contributed by atoms with Gasteiger partial charge in [0.25, 0.3) is 0 Å². The Hall–Kier alpha value is -0.880. The maximum atomic E-state index is 8.89. The maximum Gasteiger partial charge on any atom is 0.145 e. The van der Waals surface area contributed by atoms with E-state index in [1.54, 1.807) is 7.05 Å². The molecule has 0 aliphatic carbocycles. The van der Waals surface area contributed by atoms with Crippen LogP contribution in [0.15, 0.2) is 10.8 Å². The van der Waals surface area contributed by atoms with Gasteiger partial charge in [-0.2, -0.15) is 0 Å². The molecule has 15 heavy (non-hydrogen) atoms. The van der Waals surface area contributed by atoms with Crippen LogP contribution in [0.3, 0.4) is 0 Å². The highest BCUT2D eigenvalue weighted by Gasteiger charge is 2.07. The van der Waals surface area contributed by atoms with Crippen molar-refractivity contribution in [2.24, 2.45) is 5.92 Å². The Morgan fingerprint density at radius 2 is 2.13 bits per heavy atom. The van der Waals surface area contributed by atoms with E-state index in [0.29, 0.717) is 6.54 Å². The van der Waals surface area contributed by atoms with Gasteiger partial charge in [-0.05, 0) is 21.8 Å². The molecule has 1 aromatic rings. The lowest BCUT2D eigenvalue weighted by molar-refractivity contribution is 0.244. The minimum absolute atomic E-state index is 0.161. The van der Waals surface area contributed by atoms with Crippen molar-refractivity contribution in [1.82, 2.24) is 9.97 Å². The van der Waals surface area contributed by atoms with Crippen LogP contribution in [0.2, 0.25) is 0 Å². The summed E-state index contributed by atoms with van der Waals surface area (Å²) >= 11 is 3.40. The summed E-state index contributed by atoms with van der Waals surface area (Å²) in [6.45, 7) is 2.80. The molecule has 3 N–H and O–H groups in total. The summed E-state index contributed by atoms with van der Waals surface area (Å²) in [4.78, 5) is 8.15. The zero-order valence-corrected chi connectivity index (χ0v) is 10.4. The van der Waals surface area contributed by atoms with Gasteiger partial charge in [0, 0.05) is 20.2 Å². The summed E-state index contributed by atoms with van der Waals surface area (Å²) in [5.41, 5.74) is 0. The summed E-state index contributed by atoms with van der Waals surface area (Å²) in [6, 6.07) is 0. The Morgan fingerprint density at radius 1 is 1.47 bits per heavy atom. The van der Waals surface area contributed by atoms with Gasteiger partial charge in [0.1, 0.15) is 22.4 Å². The van der Waals surface area contributed by atoms with Crippen LogP contribution < -0.4 is 10.6 Å². The average Bonchev–Trinajstić information content (AvgIpc) is 2.27. The molecule has 0 saturated heterocycles. The van der Waals surface area contributed by atoms with Crippen LogP contribution in [0, 0.1) is 5.92 Å². The first-order valence-corrected chi connectivity index (χ1v) is 5.51. The van der Waals surface area contributed by atoms with E-state index in [1.807, 2.05) is 6.92 Å². The summed E-state index contributed by atoms with van der Waals surface area (Å²) in [5.74, 6) is 1.67. The second kappa shape index (κ2) is 5.87. The number of aliphatic hydroxyl groups excluding tert-OH is 1. The van der Waals surface area contributed by atoms with Crippen LogP contribution in [-0.2, 0) is 0 Å². The quantitative estimate of drug-likeness (QED) is 0.756. The molecule has 6 heteroatoms. The lowest BCUT2D eigenvalue weighted by Crippen LogP contribution is -2.15. The molecule has 0 bridgehead atoms. The second-order valence-electron chi connectivity index (χ2n) is 3.30. The first-order valence-electron chi connectivity index (χ1n) is 4.72. The first kappa shape index (κ1) is 12.2. The van der Waals surface area contributed by atoms with E-state index in [0.717, 1.165) is 16.1 Å². The third kappa shape index (κ3) is 3.32. The lowest BCUT2D eigenvalue weighted by Gasteiger charge is -2.12. The predicted octanol–water partition coefficient (Wildman–Crippen LogP) is 1.32. The topological polar surface area (TPSA) is 70.1 Å². The molecular weight excluding hydrogens is 260 g/mol. The van der Waals surface area contributed by atoms with Gasteiger partial charge < -0.3 is 15.7 Å². The zero-order valence-electron chi connectivity index (χ0n) is 8.79. The van der Waals surface area contributed by atoms with Crippen LogP contribution in [0.25, 0.3) is 0 Å². The monoisotopic (exact) mass is 274 g/mol. The number of nitrogens with one attached hydrogen (secondary N) is 2. The number of aliphatic hydroxyl groups is 1. The van der Waals surface area contributed by atoms with E-state index in [4.69, 9.17) is 5.11 Å². The molecule has 0 spiro atoms. The van der Waals surface area contributed by atoms with E-state index in [9.17, 15) is 0 Å². The molecule has 1 rings (SSSR count). The average molecular weight is 275 g/mol. The molecule has 1 unspecified atom stereocenters. The summed E-state index contributed by atoms with van der Waals surface area (Å²) in [6.07, 6.45) is 1.49. The van der Waals surface area contributed by atoms with E-state index < -0.39 is 0 Å². The van der Waals surface area contributed by atoms with Crippen molar-refractivity contribution in [1.29, 1.82) is 0 Å². The predicted molar refractivity (Wildman–Crippen MR) is 64.0 cm³/mol. The molecule has 0 aliphatic heterocycles. The number of nitrogens with zero attached hydrogens (tertiary/aromatic N) is 2. The fraction of sp³-hybridized carbons (Fsp3) is 0.556. The zero-order chi connectivity index (χ0) is 11.3. The molecule has 0 fully saturated rings. The minimum Gasteiger partial charge on any atom is -0.396 e. The van der Waals surface area contributed by atoms with Gasteiger partial charge >= 0.3 is 0 Å². The number of aromatic nitrogens is 2. The summed E-state index contributed by atoms with van der Waals surface area (Å²) < 4.78 is 0.803. The Bertz CT molecular complexity index is 321. The molecule has 84 valence electrons. The van der Waals surface area contributed by atoms with Gasteiger partial charge in [-0.1, -0.05) is 6.92 Å². The van der Waals surface area contributed by atoms with Crippen LogP contribution in [-0.4, -0.2) is 35.3 Å². The lowest BCUT2D eigenvalue weighted by atomic mass is 10.2. The molecular formula is C9H15BrN4O. The van der Waals surface area contributed by atoms with E-state index >= 15 is 0 Å². The highest BCUT2D eigenvalue weighted by molar-refractivity contribution is 9.10. The number of anilines is 2. The van der Waals surface area contributed by atoms with Gasteiger partial charge in [0.15, 0.2) is 0 Å². The highest BCUT2D eigenvalue weighted by Crippen LogP contribution is 2.25. The van der Waals surface area contributed by atoms with Gasteiger partial charge in [0.05, 0.1) is 0 Å². The molecule has 5 nitrogen and oxygen atoms in total. The van der Waals surface area contributed by atoms with Crippen LogP contribution in [0.5, 0.6) is 0 Å². The molecule has 1 heterocycles. The summed E-state index contributed by atoms with van der Waals surface area (Å²) in [7, 11) is 1.80. The van der Waals surface area contributed by atoms with Crippen molar-refractivity contribution in [3.8, 4) is 0 Å². The highest BCUT2D eigenvalue weighted by atomic mass is 79.9. The first-order chi connectivity index (χ1) is 7.19. The molecule has 0 radical (unpaired) electrons. The van der Waals surface area contributed by atoms with Gasteiger partial charge in [-0.15, -0.1) is 0 Å². The maximum absolute atomic E-state index is 8.89. The van der Waals surface area contributed by atoms with E-state index in [-0.39, 0.29) is 12.5 Å². The van der Waals surface area contributed by atoms with Crippen molar-refractivity contribution in [3.05, 3.63) is 10.8 Å². The largest absolute Gasteiger partial charge is 0.396 e. The van der Waals surface area contributed by atoms with Crippen molar-refractivity contribution < 1.29 is 5.11 Å². The van der Waals surface area contributed by atoms with Gasteiger partial charge in [-0.25, -0.2) is 9.97 Å². The third-order valence-corrected chi connectivity index (χ3v) is 2.71. The fourth-order valence-corrected chi connectivity index (χ4v) is 1.55. The van der Waals surface area contributed by atoms with Crippen LogP contribution in [0.4, 0.5) is 11.6 Å². The van der Waals surface area contributed by atoms with Crippen molar-refractivity contribution in [2.45, 2.75) is 6.92 Å². The smallest absolute Gasteiger partial charge is 0.145 e. The van der Waals surface area contributed by atoms with E-state index in [1.165, 1.54) is 6.33 Å². The molecule has 0 aromatic carbocycles. The standard InChI is InChI=1S/C9H15BrN4O/c1-6(4-15)3-12-9-7(10)8(11-2)13-5-14-9/h5-6,15H,3-4H2,1-2H3,(H2,11,12,13,14). The molecule has 1 atom stereocenters. The molecule has 0 amide bonds. The Morgan fingerprint density at radius 3 is 2.73 bits per heavy atom.